The highest BCUT2D eigenvalue weighted by Crippen LogP contribution is 2.12. The lowest BCUT2D eigenvalue weighted by atomic mass is 10.2. The third-order valence-electron chi connectivity index (χ3n) is 2.42. The topological polar surface area (TPSA) is 51.5 Å². The van der Waals surface area contributed by atoms with Gasteiger partial charge in [0.1, 0.15) is 12.4 Å². The molecule has 1 rings (SSSR count). The molecule has 0 radical (unpaired) electrons. The van der Waals surface area contributed by atoms with E-state index in [9.17, 15) is 0 Å². The van der Waals surface area contributed by atoms with E-state index in [1.54, 1.807) is 0 Å². The van der Waals surface area contributed by atoms with Crippen molar-refractivity contribution in [2.45, 2.75) is 19.8 Å². The zero-order chi connectivity index (χ0) is 13.8. The quantitative estimate of drug-likeness (QED) is 0.609. The van der Waals surface area contributed by atoms with Gasteiger partial charge in [0.25, 0.3) is 0 Å². The molecule has 0 fully saturated rings. The number of rotatable bonds is 10. The summed E-state index contributed by atoms with van der Waals surface area (Å²) in [6, 6.07) is 9.66. The SMILES string of the molecule is CCCOCCOCCOc1ccc(CC#N)cc1. The highest BCUT2D eigenvalue weighted by atomic mass is 16.5. The first kappa shape index (κ1) is 15.5. The minimum absolute atomic E-state index is 0.432. The van der Waals surface area contributed by atoms with E-state index in [4.69, 9.17) is 19.5 Å². The molecule has 0 bridgehead atoms. The lowest BCUT2D eigenvalue weighted by Crippen LogP contribution is -2.11. The fourth-order valence-corrected chi connectivity index (χ4v) is 1.48. The molecule has 0 unspecified atom stereocenters. The molecule has 4 nitrogen and oxygen atoms in total. The maximum atomic E-state index is 8.56. The van der Waals surface area contributed by atoms with Crippen molar-refractivity contribution in [2.75, 3.05) is 33.0 Å². The Morgan fingerprint density at radius 2 is 1.58 bits per heavy atom. The van der Waals surface area contributed by atoms with E-state index in [0.29, 0.717) is 32.8 Å². The zero-order valence-corrected chi connectivity index (χ0v) is 11.4. The smallest absolute Gasteiger partial charge is 0.119 e. The van der Waals surface area contributed by atoms with E-state index in [1.807, 2.05) is 24.3 Å². The van der Waals surface area contributed by atoms with Gasteiger partial charge in [0.05, 0.1) is 32.3 Å². The van der Waals surface area contributed by atoms with Crippen molar-refractivity contribution in [2.24, 2.45) is 0 Å². The molecular formula is C15H21NO3. The third kappa shape index (κ3) is 7.45. The van der Waals surface area contributed by atoms with Crippen LogP contribution in [0.5, 0.6) is 5.75 Å². The summed E-state index contributed by atoms with van der Waals surface area (Å²) in [5, 5.41) is 8.56. The molecule has 0 saturated heterocycles. The molecular weight excluding hydrogens is 242 g/mol. The fourth-order valence-electron chi connectivity index (χ4n) is 1.48. The predicted molar refractivity (Wildman–Crippen MR) is 73.2 cm³/mol. The number of hydrogen-bond donors (Lipinski definition) is 0. The van der Waals surface area contributed by atoms with Crippen LogP contribution in [0.1, 0.15) is 18.9 Å². The summed E-state index contributed by atoms with van der Waals surface area (Å²) in [5.74, 6) is 0.799. The zero-order valence-electron chi connectivity index (χ0n) is 11.4. The molecule has 104 valence electrons. The summed E-state index contributed by atoms with van der Waals surface area (Å²) < 4.78 is 16.2. The third-order valence-corrected chi connectivity index (χ3v) is 2.42. The van der Waals surface area contributed by atoms with Crippen molar-refractivity contribution in [1.82, 2.24) is 0 Å². The summed E-state index contributed by atoms with van der Waals surface area (Å²) >= 11 is 0. The van der Waals surface area contributed by atoms with Crippen LogP contribution in [0.4, 0.5) is 0 Å². The lowest BCUT2D eigenvalue weighted by molar-refractivity contribution is 0.0366. The molecule has 0 heterocycles. The Hall–Kier alpha value is -1.57. The molecule has 19 heavy (non-hydrogen) atoms. The van der Waals surface area contributed by atoms with Gasteiger partial charge in [0, 0.05) is 6.61 Å². The largest absolute Gasteiger partial charge is 0.491 e. The number of hydrogen-bond acceptors (Lipinski definition) is 4. The van der Waals surface area contributed by atoms with Crippen LogP contribution >= 0.6 is 0 Å². The Kier molecular flexibility index (Phi) is 8.45. The molecule has 0 aliphatic rings. The minimum atomic E-state index is 0.432. The van der Waals surface area contributed by atoms with Gasteiger partial charge in [0.2, 0.25) is 0 Å². The summed E-state index contributed by atoms with van der Waals surface area (Å²) in [7, 11) is 0. The number of benzene rings is 1. The van der Waals surface area contributed by atoms with Gasteiger partial charge in [0.15, 0.2) is 0 Å². The van der Waals surface area contributed by atoms with E-state index in [1.165, 1.54) is 0 Å². The Balaban J connectivity index is 2.04. The molecule has 0 amide bonds. The van der Waals surface area contributed by atoms with Crippen molar-refractivity contribution >= 4 is 0 Å². The summed E-state index contributed by atoms with van der Waals surface area (Å²) in [6.07, 6.45) is 1.46. The Morgan fingerprint density at radius 1 is 0.947 bits per heavy atom. The monoisotopic (exact) mass is 263 g/mol. The number of ether oxygens (including phenoxy) is 3. The molecule has 0 aliphatic carbocycles. The van der Waals surface area contributed by atoms with E-state index < -0.39 is 0 Å². The van der Waals surface area contributed by atoms with Crippen LogP contribution in [0.25, 0.3) is 0 Å². The molecule has 0 aromatic heterocycles. The second-order valence-electron chi connectivity index (χ2n) is 4.05. The first-order valence-electron chi connectivity index (χ1n) is 6.61. The van der Waals surface area contributed by atoms with E-state index in [0.717, 1.165) is 24.3 Å². The van der Waals surface area contributed by atoms with E-state index in [-0.39, 0.29) is 0 Å². The van der Waals surface area contributed by atoms with E-state index >= 15 is 0 Å². The van der Waals surface area contributed by atoms with Gasteiger partial charge < -0.3 is 14.2 Å². The lowest BCUT2D eigenvalue weighted by Gasteiger charge is -2.07. The van der Waals surface area contributed by atoms with Gasteiger partial charge in [-0.3, -0.25) is 0 Å². The van der Waals surface area contributed by atoms with Crippen molar-refractivity contribution in [1.29, 1.82) is 5.26 Å². The van der Waals surface area contributed by atoms with Gasteiger partial charge in [-0.2, -0.15) is 5.26 Å². The molecule has 0 N–H and O–H groups in total. The standard InChI is InChI=1S/C15H21NO3/c1-2-9-17-10-11-18-12-13-19-15-5-3-14(4-6-15)7-8-16/h3-6H,2,7,9-13H2,1H3. The Labute approximate surface area is 114 Å². The highest BCUT2D eigenvalue weighted by Gasteiger charge is 1.96. The summed E-state index contributed by atoms with van der Waals surface area (Å²) in [6.45, 7) is 5.17. The number of nitrogens with zero attached hydrogens (tertiary/aromatic N) is 1. The van der Waals surface area contributed by atoms with Crippen LogP contribution in [0.15, 0.2) is 24.3 Å². The molecule has 0 aliphatic heterocycles. The molecule has 4 heteroatoms. The van der Waals surface area contributed by atoms with Crippen LogP contribution in [-0.2, 0) is 15.9 Å². The van der Waals surface area contributed by atoms with Crippen molar-refractivity contribution in [3.05, 3.63) is 29.8 Å². The summed E-state index contributed by atoms with van der Waals surface area (Å²) in [5.41, 5.74) is 0.999. The summed E-state index contributed by atoms with van der Waals surface area (Å²) in [4.78, 5) is 0. The van der Waals surface area contributed by atoms with Crippen molar-refractivity contribution < 1.29 is 14.2 Å². The van der Waals surface area contributed by atoms with Gasteiger partial charge in [-0.05, 0) is 24.1 Å². The van der Waals surface area contributed by atoms with Gasteiger partial charge in [-0.25, -0.2) is 0 Å². The van der Waals surface area contributed by atoms with Crippen LogP contribution < -0.4 is 4.74 Å². The maximum absolute atomic E-state index is 8.56. The number of nitriles is 1. The first-order chi connectivity index (χ1) is 9.36. The molecule has 1 aromatic carbocycles. The average molecular weight is 263 g/mol. The van der Waals surface area contributed by atoms with Crippen LogP contribution in [-0.4, -0.2) is 33.0 Å². The van der Waals surface area contributed by atoms with Crippen LogP contribution in [0, 0.1) is 11.3 Å². The molecule has 1 aromatic rings. The van der Waals surface area contributed by atoms with Gasteiger partial charge in [-0.15, -0.1) is 0 Å². The maximum Gasteiger partial charge on any atom is 0.119 e. The average Bonchev–Trinajstić information content (AvgIpc) is 2.44. The second kappa shape index (κ2) is 10.4. The van der Waals surface area contributed by atoms with Crippen molar-refractivity contribution in [3.63, 3.8) is 0 Å². The van der Waals surface area contributed by atoms with Crippen LogP contribution in [0.2, 0.25) is 0 Å². The van der Waals surface area contributed by atoms with Crippen molar-refractivity contribution in [3.8, 4) is 11.8 Å². The van der Waals surface area contributed by atoms with Gasteiger partial charge in [-0.1, -0.05) is 19.1 Å². The Morgan fingerprint density at radius 3 is 2.21 bits per heavy atom. The highest BCUT2D eigenvalue weighted by molar-refractivity contribution is 5.28. The molecule has 0 atom stereocenters. The Bertz CT molecular complexity index is 370. The fraction of sp³-hybridized carbons (Fsp3) is 0.533. The first-order valence-corrected chi connectivity index (χ1v) is 6.61. The normalized spacial score (nSPS) is 10.1. The van der Waals surface area contributed by atoms with Gasteiger partial charge >= 0.3 is 0 Å². The minimum Gasteiger partial charge on any atom is -0.491 e. The second-order valence-corrected chi connectivity index (χ2v) is 4.05. The predicted octanol–water partition coefficient (Wildman–Crippen LogP) is 2.57. The van der Waals surface area contributed by atoms with Crippen LogP contribution in [0.3, 0.4) is 0 Å². The van der Waals surface area contributed by atoms with E-state index in [2.05, 4.69) is 13.0 Å². The molecule has 0 saturated carbocycles. The molecule has 0 spiro atoms.